The van der Waals surface area contributed by atoms with Gasteiger partial charge in [-0.2, -0.15) is 0 Å². The van der Waals surface area contributed by atoms with Crippen molar-refractivity contribution in [3.05, 3.63) is 58.3 Å². The molecule has 5 heteroatoms. The molecule has 110 valence electrons. The Morgan fingerprint density at radius 2 is 1.90 bits per heavy atom. The number of carbonyl (C=O) groups excluding carboxylic acids is 1. The minimum Gasteiger partial charge on any atom is -0.399 e. The van der Waals surface area contributed by atoms with Crippen LogP contribution in [0.2, 0.25) is 0 Å². The van der Waals surface area contributed by atoms with E-state index < -0.39 is 5.82 Å². The van der Waals surface area contributed by atoms with Crippen LogP contribution < -0.4 is 10.6 Å². The molecule has 3 nitrogen and oxygen atoms in total. The molecule has 0 aliphatic rings. The molecule has 2 rings (SSSR count). The Labute approximate surface area is 131 Å². The Kier molecular flexibility index (Phi) is 4.96. The Balaban J connectivity index is 2.37. The van der Waals surface area contributed by atoms with E-state index in [1.54, 1.807) is 35.2 Å². The quantitative estimate of drug-likeness (QED) is 0.838. The van der Waals surface area contributed by atoms with Gasteiger partial charge in [-0.3, -0.25) is 4.79 Å². The molecule has 0 radical (unpaired) electrons. The third-order valence-corrected chi connectivity index (χ3v) is 3.55. The molecule has 2 aromatic rings. The van der Waals surface area contributed by atoms with Crippen LogP contribution in [0.1, 0.15) is 23.7 Å². The van der Waals surface area contributed by atoms with Crippen molar-refractivity contribution in [1.29, 1.82) is 0 Å². The van der Waals surface area contributed by atoms with E-state index in [4.69, 9.17) is 5.73 Å². The number of hydrogen-bond acceptors (Lipinski definition) is 2. The van der Waals surface area contributed by atoms with Gasteiger partial charge in [-0.15, -0.1) is 0 Å². The molecule has 0 saturated carbocycles. The Morgan fingerprint density at radius 1 is 1.24 bits per heavy atom. The fraction of sp³-hybridized carbons (Fsp3) is 0.188. The molecule has 1 amide bonds. The maximum absolute atomic E-state index is 14.0. The van der Waals surface area contributed by atoms with Gasteiger partial charge < -0.3 is 10.6 Å². The van der Waals surface area contributed by atoms with E-state index in [0.29, 0.717) is 22.4 Å². The summed E-state index contributed by atoms with van der Waals surface area (Å²) in [5.74, 6) is -0.891. The van der Waals surface area contributed by atoms with E-state index in [0.717, 1.165) is 6.42 Å². The van der Waals surface area contributed by atoms with Crippen LogP contribution in [0.4, 0.5) is 15.8 Å². The Hall–Kier alpha value is -1.88. The SMILES string of the molecule is CCCN(C(=O)c1ccc(Br)cc1F)c1ccc(N)cc1. The van der Waals surface area contributed by atoms with Crippen molar-refractivity contribution in [3.63, 3.8) is 0 Å². The predicted molar refractivity (Wildman–Crippen MR) is 86.9 cm³/mol. The predicted octanol–water partition coefficient (Wildman–Crippen LogP) is 4.23. The van der Waals surface area contributed by atoms with Crippen molar-refractivity contribution >= 4 is 33.2 Å². The maximum atomic E-state index is 14.0. The van der Waals surface area contributed by atoms with Crippen molar-refractivity contribution in [2.24, 2.45) is 0 Å². The van der Waals surface area contributed by atoms with E-state index in [1.807, 2.05) is 6.92 Å². The van der Waals surface area contributed by atoms with Crippen molar-refractivity contribution in [2.75, 3.05) is 17.2 Å². The van der Waals surface area contributed by atoms with Crippen LogP contribution in [-0.4, -0.2) is 12.5 Å². The molecule has 21 heavy (non-hydrogen) atoms. The number of nitrogens with zero attached hydrogens (tertiary/aromatic N) is 1. The van der Waals surface area contributed by atoms with Gasteiger partial charge >= 0.3 is 0 Å². The first-order valence-electron chi connectivity index (χ1n) is 6.65. The molecule has 0 saturated heterocycles. The average Bonchev–Trinajstić information content (AvgIpc) is 2.45. The van der Waals surface area contributed by atoms with Crippen LogP contribution in [-0.2, 0) is 0 Å². The van der Waals surface area contributed by atoms with E-state index in [-0.39, 0.29) is 11.5 Å². The summed E-state index contributed by atoms with van der Waals surface area (Å²) in [4.78, 5) is 14.2. The number of nitrogens with two attached hydrogens (primary N) is 1. The zero-order valence-corrected chi connectivity index (χ0v) is 13.2. The van der Waals surface area contributed by atoms with Gasteiger partial charge in [0, 0.05) is 22.4 Å². The summed E-state index contributed by atoms with van der Waals surface area (Å²) in [6.07, 6.45) is 0.772. The zero-order chi connectivity index (χ0) is 15.4. The molecule has 0 spiro atoms. The molecule has 2 N–H and O–H groups in total. The summed E-state index contributed by atoms with van der Waals surface area (Å²) in [7, 11) is 0. The molecule has 0 bridgehead atoms. The second-order valence-electron chi connectivity index (χ2n) is 4.67. The van der Waals surface area contributed by atoms with Crippen LogP contribution >= 0.6 is 15.9 Å². The molecule has 0 heterocycles. The van der Waals surface area contributed by atoms with E-state index >= 15 is 0 Å². The van der Waals surface area contributed by atoms with Crippen LogP contribution in [0, 0.1) is 5.82 Å². The molecule has 0 aliphatic heterocycles. The van der Waals surface area contributed by atoms with Crippen molar-refractivity contribution < 1.29 is 9.18 Å². The number of benzene rings is 2. The van der Waals surface area contributed by atoms with Crippen molar-refractivity contribution in [3.8, 4) is 0 Å². The lowest BCUT2D eigenvalue weighted by atomic mass is 10.1. The van der Waals surface area contributed by atoms with Crippen LogP contribution in [0.5, 0.6) is 0 Å². The highest BCUT2D eigenvalue weighted by atomic mass is 79.9. The minimum atomic E-state index is -0.536. The first kappa shape index (κ1) is 15.5. The molecule has 0 aromatic heterocycles. The summed E-state index contributed by atoms with van der Waals surface area (Å²) in [5, 5.41) is 0. The summed E-state index contributed by atoms with van der Waals surface area (Å²) in [5.41, 5.74) is 7.05. The van der Waals surface area contributed by atoms with Crippen LogP contribution in [0.25, 0.3) is 0 Å². The molecule has 0 atom stereocenters. The summed E-state index contributed by atoms with van der Waals surface area (Å²) < 4.78 is 14.6. The second-order valence-corrected chi connectivity index (χ2v) is 5.59. The van der Waals surface area contributed by atoms with E-state index in [9.17, 15) is 9.18 Å². The van der Waals surface area contributed by atoms with Gasteiger partial charge in [0.2, 0.25) is 0 Å². The number of amides is 1. The third kappa shape index (κ3) is 3.61. The first-order valence-corrected chi connectivity index (χ1v) is 7.44. The highest BCUT2D eigenvalue weighted by Gasteiger charge is 2.20. The van der Waals surface area contributed by atoms with Gasteiger partial charge in [-0.25, -0.2) is 4.39 Å². The summed E-state index contributed by atoms with van der Waals surface area (Å²) in [6, 6.07) is 11.4. The molecule has 2 aromatic carbocycles. The zero-order valence-electron chi connectivity index (χ0n) is 11.6. The van der Waals surface area contributed by atoms with Crippen molar-refractivity contribution in [2.45, 2.75) is 13.3 Å². The van der Waals surface area contributed by atoms with Gasteiger partial charge in [0.25, 0.3) is 5.91 Å². The largest absolute Gasteiger partial charge is 0.399 e. The van der Waals surface area contributed by atoms with E-state index in [2.05, 4.69) is 15.9 Å². The fourth-order valence-electron chi connectivity index (χ4n) is 2.03. The number of carbonyl (C=O) groups is 1. The number of hydrogen-bond donors (Lipinski definition) is 1. The highest BCUT2D eigenvalue weighted by molar-refractivity contribution is 9.10. The summed E-state index contributed by atoms with van der Waals surface area (Å²) in [6.45, 7) is 2.48. The van der Waals surface area contributed by atoms with Gasteiger partial charge in [0.15, 0.2) is 0 Å². The Bertz CT molecular complexity index is 643. The Morgan fingerprint density at radius 3 is 2.48 bits per heavy atom. The lowest BCUT2D eigenvalue weighted by Gasteiger charge is -2.22. The monoisotopic (exact) mass is 350 g/mol. The lowest BCUT2D eigenvalue weighted by Crippen LogP contribution is -2.32. The number of halogens is 2. The lowest BCUT2D eigenvalue weighted by molar-refractivity contribution is 0.0983. The third-order valence-electron chi connectivity index (χ3n) is 3.06. The van der Waals surface area contributed by atoms with Gasteiger partial charge in [0.05, 0.1) is 5.56 Å². The normalized spacial score (nSPS) is 10.4. The minimum absolute atomic E-state index is 0.0588. The fourth-order valence-corrected chi connectivity index (χ4v) is 2.37. The average molecular weight is 351 g/mol. The molecule has 0 fully saturated rings. The number of anilines is 2. The highest BCUT2D eigenvalue weighted by Crippen LogP contribution is 2.22. The standard InChI is InChI=1S/C16H16BrFN2O/c1-2-9-20(13-6-4-12(19)5-7-13)16(21)14-8-3-11(17)10-15(14)18/h3-8,10H,2,9,19H2,1H3. The summed E-state index contributed by atoms with van der Waals surface area (Å²) >= 11 is 3.19. The van der Waals surface area contributed by atoms with Crippen LogP contribution in [0.15, 0.2) is 46.9 Å². The topological polar surface area (TPSA) is 46.3 Å². The van der Waals surface area contributed by atoms with E-state index in [1.165, 1.54) is 12.1 Å². The first-order chi connectivity index (χ1) is 10.0. The van der Waals surface area contributed by atoms with Gasteiger partial charge in [0.1, 0.15) is 5.82 Å². The smallest absolute Gasteiger partial charge is 0.261 e. The molecule has 0 aliphatic carbocycles. The van der Waals surface area contributed by atoms with Crippen molar-refractivity contribution in [1.82, 2.24) is 0 Å². The second kappa shape index (κ2) is 6.72. The molecular weight excluding hydrogens is 335 g/mol. The van der Waals surface area contributed by atoms with Gasteiger partial charge in [-0.1, -0.05) is 22.9 Å². The number of nitrogen functional groups attached to an aromatic ring is 1. The van der Waals surface area contributed by atoms with Gasteiger partial charge in [-0.05, 0) is 48.9 Å². The molecule has 0 unspecified atom stereocenters. The molecular formula is C16H16BrFN2O. The van der Waals surface area contributed by atoms with Crippen LogP contribution in [0.3, 0.4) is 0 Å². The maximum Gasteiger partial charge on any atom is 0.261 e. The number of rotatable bonds is 4.